The summed E-state index contributed by atoms with van der Waals surface area (Å²) in [6, 6.07) is 4.63. The molecule has 0 aliphatic carbocycles. The van der Waals surface area contributed by atoms with Gasteiger partial charge < -0.3 is 10.2 Å². The van der Waals surface area contributed by atoms with Gasteiger partial charge in [-0.1, -0.05) is 17.7 Å². The van der Waals surface area contributed by atoms with E-state index >= 15 is 0 Å². The number of hydrogen-bond donors (Lipinski definition) is 3. The molecule has 0 bridgehead atoms. The second-order valence-corrected chi connectivity index (χ2v) is 6.33. The summed E-state index contributed by atoms with van der Waals surface area (Å²) >= 11 is 0. The normalized spacial score (nSPS) is 12.8. The summed E-state index contributed by atoms with van der Waals surface area (Å²) in [5.74, 6) is -2.39. The van der Waals surface area contributed by atoms with E-state index in [0.29, 0.717) is 0 Å². The zero-order valence-electron chi connectivity index (χ0n) is 11.4. The van der Waals surface area contributed by atoms with Gasteiger partial charge in [0.15, 0.2) is 0 Å². The topological polar surface area (TPSA) is 121 Å². The van der Waals surface area contributed by atoms with Gasteiger partial charge >= 0.3 is 11.9 Å². The molecule has 0 saturated heterocycles. The molecule has 0 aliphatic rings. The van der Waals surface area contributed by atoms with Crippen LogP contribution in [0.25, 0.3) is 0 Å². The highest BCUT2D eigenvalue weighted by atomic mass is 32.2. The van der Waals surface area contributed by atoms with Crippen LogP contribution in [-0.2, 0) is 19.6 Å². The quantitative estimate of drug-likeness (QED) is 0.657. The minimum Gasteiger partial charge on any atom is -0.481 e. The van der Waals surface area contributed by atoms with E-state index in [1.54, 1.807) is 19.1 Å². The summed E-state index contributed by atoms with van der Waals surface area (Å²) in [5, 5.41) is 17.5. The number of rotatable bonds is 8. The van der Waals surface area contributed by atoms with Crippen molar-refractivity contribution >= 4 is 22.0 Å². The molecule has 116 valence electrons. The fourth-order valence-electron chi connectivity index (χ4n) is 1.66. The Morgan fingerprint density at radius 2 is 1.76 bits per heavy atom. The smallest absolute Gasteiger partial charge is 0.321 e. The first-order chi connectivity index (χ1) is 9.72. The third-order valence-corrected chi connectivity index (χ3v) is 4.30. The molecule has 0 amide bonds. The van der Waals surface area contributed by atoms with Crippen LogP contribution in [0.4, 0.5) is 0 Å². The van der Waals surface area contributed by atoms with Crippen molar-refractivity contribution in [2.45, 2.75) is 37.1 Å². The van der Waals surface area contributed by atoms with E-state index in [2.05, 4.69) is 4.72 Å². The van der Waals surface area contributed by atoms with E-state index in [9.17, 15) is 18.0 Å². The van der Waals surface area contributed by atoms with Gasteiger partial charge in [0.1, 0.15) is 6.04 Å². The van der Waals surface area contributed by atoms with E-state index in [-0.39, 0.29) is 24.2 Å². The molecule has 0 radical (unpaired) electrons. The van der Waals surface area contributed by atoms with Crippen LogP contribution in [0.3, 0.4) is 0 Å². The Kier molecular flexibility index (Phi) is 5.86. The van der Waals surface area contributed by atoms with Crippen molar-refractivity contribution in [3.8, 4) is 0 Å². The molecule has 8 heteroatoms. The molecule has 1 aromatic carbocycles. The summed E-state index contributed by atoms with van der Waals surface area (Å²) in [6.45, 7) is 1.80. The second kappa shape index (κ2) is 7.19. The number of nitrogens with one attached hydrogen (secondary N) is 1. The summed E-state index contributed by atoms with van der Waals surface area (Å²) in [4.78, 5) is 21.4. The zero-order chi connectivity index (χ0) is 16.0. The van der Waals surface area contributed by atoms with E-state index in [0.717, 1.165) is 5.56 Å². The van der Waals surface area contributed by atoms with Crippen LogP contribution < -0.4 is 4.72 Å². The maximum absolute atomic E-state index is 12.1. The highest BCUT2D eigenvalue weighted by molar-refractivity contribution is 7.89. The SMILES string of the molecule is Cc1ccc(S(=O)(=O)N[C@@H](CCCC(=O)O)C(=O)O)cc1. The Morgan fingerprint density at radius 1 is 1.19 bits per heavy atom. The molecule has 0 aliphatic heterocycles. The molecule has 0 spiro atoms. The lowest BCUT2D eigenvalue weighted by atomic mass is 10.1. The van der Waals surface area contributed by atoms with Gasteiger partial charge in [-0.25, -0.2) is 8.42 Å². The Labute approximate surface area is 122 Å². The first-order valence-corrected chi connectivity index (χ1v) is 7.74. The van der Waals surface area contributed by atoms with E-state index < -0.39 is 28.0 Å². The summed E-state index contributed by atoms with van der Waals surface area (Å²) in [7, 11) is -3.95. The van der Waals surface area contributed by atoms with E-state index in [4.69, 9.17) is 10.2 Å². The third kappa shape index (κ3) is 5.52. The lowest BCUT2D eigenvalue weighted by molar-refractivity contribution is -0.140. The Balaban J connectivity index is 2.79. The number of aryl methyl sites for hydroxylation is 1. The lowest BCUT2D eigenvalue weighted by Gasteiger charge is -2.14. The minimum absolute atomic E-state index is 0.0300. The standard InChI is InChI=1S/C13H17NO6S/c1-9-5-7-10(8-6-9)21(19,20)14-11(13(17)18)3-2-4-12(15)16/h5-8,11,14H,2-4H2,1H3,(H,15,16)(H,17,18)/t11-/m0/s1. The number of aliphatic carboxylic acids is 2. The fraction of sp³-hybridized carbons (Fsp3) is 0.385. The van der Waals surface area contributed by atoms with Gasteiger partial charge in [-0.3, -0.25) is 9.59 Å². The Morgan fingerprint density at radius 3 is 2.24 bits per heavy atom. The number of hydrogen-bond acceptors (Lipinski definition) is 4. The Bertz CT molecular complexity index is 608. The predicted octanol–water partition coefficient (Wildman–Crippen LogP) is 0.981. The van der Waals surface area contributed by atoms with Crippen molar-refractivity contribution in [3.63, 3.8) is 0 Å². The van der Waals surface area contributed by atoms with Crippen LogP contribution in [0.15, 0.2) is 29.2 Å². The van der Waals surface area contributed by atoms with Gasteiger partial charge in [0.05, 0.1) is 4.90 Å². The first kappa shape index (κ1) is 17.1. The average Bonchev–Trinajstić information content (AvgIpc) is 2.37. The molecule has 1 aromatic rings. The minimum atomic E-state index is -3.95. The van der Waals surface area contributed by atoms with Crippen molar-refractivity contribution in [1.29, 1.82) is 0 Å². The summed E-state index contributed by atoms with van der Waals surface area (Å²) < 4.78 is 26.2. The molecule has 0 heterocycles. The number of carboxylic acids is 2. The van der Waals surface area contributed by atoms with Gasteiger partial charge in [0, 0.05) is 6.42 Å². The second-order valence-electron chi connectivity index (χ2n) is 4.61. The summed E-state index contributed by atoms with van der Waals surface area (Å²) in [5.41, 5.74) is 0.880. The van der Waals surface area contributed by atoms with Crippen LogP contribution in [0.2, 0.25) is 0 Å². The maximum atomic E-state index is 12.1. The monoisotopic (exact) mass is 315 g/mol. The molecule has 0 saturated carbocycles. The summed E-state index contributed by atoms with van der Waals surface area (Å²) in [6.07, 6.45) is -0.231. The van der Waals surface area contributed by atoms with E-state index in [1.807, 2.05) is 0 Å². The van der Waals surface area contributed by atoms with Crippen molar-refractivity contribution in [2.75, 3.05) is 0 Å². The zero-order valence-corrected chi connectivity index (χ0v) is 12.3. The van der Waals surface area contributed by atoms with Gasteiger partial charge in [0.25, 0.3) is 0 Å². The molecule has 21 heavy (non-hydrogen) atoms. The van der Waals surface area contributed by atoms with E-state index in [1.165, 1.54) is 12.1 Å². The number of carboxylic acid groups (broad SMARTS) is 2. The number of benzene rings is 1. The van der Waals surface area contributed by atoms with Crippen LogP contribution in [0.5, 0.6) is 0 Å². The molecular formula is C13H17NO6S. The Hall–Kier alpha value is -1.93. The van der Waals surface area contributed by atoms with Crippen LogP contribution in [-0.4, -0.2) is 36.6 Å². The average molecular weight is 315 g/mol. The lowest BCUT2D eigenvalue weighted by Crippen LogP contribution is -2.40. The first-order valence-electron chi connectivity index (χ1n) is 6.26. The molecule has 0 fully saturated rings. The van der Waals surface area contributed by atoms with Gasteiger partial charge in [0.2, 0.25) is 10.0 Å². The molecule has 1 atom stereocenters. The van der Waals surface area contributed by atoms with Crippen LogP contribution >= 0.6 is 0 Å². The molecular weight excluding hydrogens is 298 g/mol. The van der Waals surface area contributed by atoms with Crippen molar-refractivity contribution in [2.24, 2.45) is 0 Å². The van der Waals surface area contributed by atoms with Crippen molar-refractivity contribution < 1.29 is 28.2 Å². The highest BCUT2D eigenvalue weighted by Gasteiger charge is 2.25. The van der Waals surface area contributed by atoms with Gasteiger partial charge in [-0.05, 0) is 31.9 Å². The fourth-order valence-corrected chi connectivity index (χ4v) is 2.89. The van der Waals surface area contributed by atoms with Crippen LogP contribution in [0, 0.1) is 6.92 Å². The van der Waals surface area contributed by atoms with Gasteiger partial charge in [-0.2, -0.15) is 4.72 Å². The number of carbonyl (C=O) groups is 2. The van der Waals surface area contributed by atoms with Crippen LogP contribution in [0.1, 0.15) is 24.8 Å². The van der Waals surface area contributed by atoms with Gasteiger partial charge in [-0.15, -0.1) is 0 Å². The van der Waals surface area contributed by atoms with Crippen molar-refractivity contribution in [3.05, 3.63) is 29.8 Å². The third-order valence-electron chi connectivity index (χ3n) is 2.81. The maximum Gasteiger partial charge on any atom is 0.321 e. The highest BCUT2D eigenvalue weighted by Crippen LogP contribution is 2.12. The molecule has 0 unspecified atom stereocenters. The molecule has 7 nitrogen and oxygen atoms in total. The van der Waals surface area contributed by atoms with Crippen molar-refractivity contribution in [1.82, 2.24) is 4.72 Å². The molecule has 0 aromatic heterocycles. The number of sulfonamides is 1. The predicted molar refractivity (Wildman–Crippen MR) is 74.4 cm³/mol. The molecule has 1 rings (SSSR count). The largest absolute Gasteiger partial charge is 0.481 e. The molecule has 3 N–H and O–H groups in total.